The predicted octanol–water partition coefficient (Wildman–Crippen LogP) is 1.83. The number of fused-ring (bicyclic) bond motifs is 2. The van der Waals surface area contributed by atoms with Crippen LogP contribution in [-0.2, 0) is 16.1 Å². The minimum atomic E-state index is -0.659. The monoisotopic (exact) mass is 411 g/mol. The maximum absolute atomic E-state index is 12.6. The Kier molecular flexibility index (Phi) is 5.92. The van der Waals surface area contributed by atoms with Crippen molar-refractivity contribution in [1.29, 1.82) is 0 Å². The first kappa shape index (κ1) is 19.9. The van der Waals surface area contributed by atoms with Crippen LogP contribution >= 0.6 is 0 Å². The zero-order chi connectivity index (χ0) is 20.9. The molecule has 0 spiro atoms. The van der Waals surface area contributed by atoms with E-state index in [1.807, 2.05) is 54.3 Å². The van der Waals surface area contributed by atoms with Gasteiger partial charge in [0.05, 0.1) is 18.8 Å². The number of hydrogen-bond acceptors (Lipinski definition) is 6. The SMILES string of the molecule is CCCNC(=O)[C@H]1CN(CC(=O)NCc2ccc3c(c2)OCO3)c2ccccc2O1. The zero-order valence-electron chi connectivity index (χ0n) is 16.8. The fourth-order valence-electron chi connectivity index (χ4n) is 3.44. The van der Waals surface area contributed by atoms with E-state index in [4.69, 9.17) is 14.2 Å². The van der Waals surface area contributed by atoms with Crippen LogP contribution in [0.4, 0.5) is 5.69 Å². The lowest BCUT2D eigenvalue weighted by atomic mass is 10.1. The second-order valence-electron chi connectivity index (χ2n) is 7.21. The van der Waals surface area contributed by atoms with Crippen LogP contribution in [0.3, 0.4) is 0 Å². The van der Waals surface area contributed by atoms with E-state index in [1.165, 1.54) is 0 Å². The van der Waals surface area contributed by atoms with Crippen LogP contribution in [0.25, 0.3) is 0 Å². The predicted molar refractivity (Wildman–Crippen MR) is 111 cm³/mol. The second kappa shape index (κ2) is 8.94. The Bertz CT molecular complexity index is 933. The topological polar surface area (TPSA) is 89.1 Å². The third kappa shape index (κ3) is 4.42. The lowest BCUT2D eigenvalue weighted by Gasteiger charge is -2.35. The largest absolute Gasteiger partial charge is 0.477 e. The average molecular weight is 411 g/mol. The molecule has 2 amide bonds. The molecule has 1 atom stereocenters. The summed E-state index contributed by atoms with van der Waals surface area (Å²) in [5.41, 5.74) is 1.72. The lowest BCUT2D eigenvalue weighted by Crippen LogP contribution is -2.51. The van der Waals surface area contributed by atoms with Crippen molar-refractivity contribution in [2.45, 2.75) is 26.0 Å². The number of amides is 2. The number of benzene rings is 2. The van der Waals surface area contributed by atoms with Crippen molar-refractivity contribution in [3.05, 3.63) is 48.0 Å². The van der Waals surface area contributed by atoms with E-state index < -0.39 is 6.10 Å². The third-order valence-corrected chi connectivity index (χ3v) is 4.96. The van der Waals surface area contributed by atoms with E-state index in [-0.39, 0.29) is 25.2 Å². The van der Waals surface area contributed by atoms with Gasteiger partial charge in [0, 0.05) is 13.1 Å². The van der Waals surface area contributed by atoms with Crippen molar-refractivity contribution in [3.63, 3.8) is 0 Å². The summed E-state index contributed by atoms with van der Waals surface area (Å²) in [4.78, 5) is 26.9. The van der Waals surface area contributed by atoms with Crippen LogP contribution in [0.5, 0.6) is 17.2 Å². The summed E-state index contributed by atoms with van der Waals surface area (Å²) in [7, 11) is 0. The molecule has 4 rings (SSSR count). The molecule has 2 aliphatic heterocycles. The quantitative estimate of drug-likeness (QED) is 0.723. The van der Waals surface area contributed by atoms with Crippen molar-refractivity contribution in [2.75, 3.05) is 31.3 Å². The van der Waals surface area contributed by atoms with Gasteiger partial charge >= 0.3 is 0 Å². The minimum absolute atomic E-state index is 0.127. The summed E-state index contributed by atoms with van der Waals surface area (Å²) in [5, 5.41) is 5.79. The molecule has 2 N–H and O–H groups in total. The van der Waals surface area contributed by atoms with Crippen molar-refractivity contribution < 1.29 is 23.8 Å². The van der Waals surface area contributed by atoms with Crippen LogP contribution < -0.4 is 29.7 Å². The lowest BCUT2D eigenvalue weighted by molar-refractivity contribution is -0.128. The molecule has 2 aliphatic rings. The van der Waals surface area contributed by atoms with E-state index in [0.29, 0.717) is 36.9 Å². The molecule has 158 valence electrons. The van der Waals surface area contributed by atoms with Gasteiger partial charge in [-0.3, -0.25) is 9.59 Å². The number of nitrogens with zero attached hydrogens (tertiary/aromatic N) is 1. The van der Waals surface area contributed by atoms with Crippen molar-refractivity contribution in [2.24, 2.45) is 0 Å². The third-order valence-electron chi connectivity index (χ3n) is 4.96. The van der Waals surface area contributed by atoms with Crippen LogP contribution in [0.15, 0.2) is 42.5 Å². The van der Waals surface area contributed by atoms with Crippen LogP contribution in [0, 0.1) is 0 Å². The molecule has 30 heavy (non-hydrogen) atoms. The van der Waals surface area contributed by atoms with Gasteiger partial charge in [0.1, 0.15) is 5.75 Å². The smallest absolute Gasteiger partial charge is 0.262 e. The Morgan fingerprint density at radius 1 is 1.07 bits per heavy atom. The molecule has 0 bridgehead atoms. The molecule has 8 heteroatoms. The Morgan fingerprint density at radius 3 is 2.77 bits per heavy atom. The number of hydrogen-bond donors (Lipinski definition) is 2. The van der Waals surface area contributed by atoms with Crippen LogP contribution in [0.2, 0.25) is 0 Å². The number of carbonyl (C=O) groups excluding carboxylic acids is 2. The van der Waals surface area contributed by atoms with Gasteiger partial charge in [0.25, 0.3) is 5.91 Å². The molecular weight excluding hydrogens is 386 g/mol. The zero-order valence-corrected chi connectivity index (χ0v) is 16.8. The number of nitrogens with one attached hydrogen (secondary N) is 2. The summed E-state index contributed by atoms with van der Waals surface area (Å²) in [5.74, 6) is 1.69. The average Bonchev–Trinajstić information content (AvgIpc) is 3.24. The Morgan fingerprint density at radius 2 is 1.90 bits per heavy atom. The fourth-order valence-corrected chi connectivity index (χ4v) is 3.44. The van der Waals surface area contributed by atoms with Gasteiger partial charge < -0.3 is 29.7 Å². The fraction of sp³-hybridized carbons (Fsp3) is 0.364. The molecule has 0 aliphatic carbocycles. The maximum atomic E-state index is 12.6. The highest BCUT2D eigenvalue weighted by Crippen LogP contribution is 2.33. The van der Waals surface area contributed by atoms with Gasteiger partial charge in [-0.25, -0.2) is 0 Å². The Hall–Kier alpha value is -3.42. The first-order valence-electron chi connectivity index (χ1n) is 10.1. The molecule has 2 aromatic carbocycles. The summed E-state index contributed by atoms with van der Waals surface area (Å²) in [6, 6.07) is 13.0. The van der Waals surface area contributed by atoms with E-state index >= 15 is 0 Å². The molecule has 0 saturated heterocycles. The van der Waals surface area contributed by atoms with Gasteiger partial charge in [0.15, 0.2) is 17.6 Å². The number of ether oxygens (including phenoxy) is 3. The summed E-state index contributed by atoms with van der Waals surface area (Å²) in [6.07, 6.45) is 0.189. The highest BCUT2D eigenvalue weighted by atomic mass is 16.7. The maximum Gasteiger partial charge on any atom is 0.262 e. The van der Waals surface area contributed by atoms with Crippen molar-refractivity contribution in [1.82, 2.24) is 10.6 Å². The van der Waals surface area contributed by atoms with Gasteiger partial charge in [-0.15, -0.1) is 0 Å². The summed E-state index contributed by atoms with van der Waals surface area (Å²) >= 11 is 0. The number of carbonyl (C=O) groups is 2. The number of para-hydroxylation sites is 2. The summed E-state index contributed by atoms with van der Waals surface area (Å²) in [6.45, 7) is 3.62. The van der Waals surface area contributed by atoms with E-state index in [2.05, 4.69) is 10.6 Å². The first-order chi connectivity index (χ1) is 14.6. The standard InChI is InChI=1S/C22H25N3O5/c1-2-9-23-22(27)20-12-25(16-5-3-4-6-17(16)30-20)13-21(26)24-11-15-7-8-18-19(10-15)29-14-28-18/h3-8,10,20H,2,9,11-14H2,1H3,(H,23,27)(H,24,26)/t20-/m1/s1. The molecule has 0 aromatic heterocycles. The van der Waals surface area contributed by atoms with Gasteiger partial charge in [-0.05, 0) is 36.2 Å². The molecule has 2 heterocycles. The van der Waals surface area contributed by atoms with Crippen molar-refractivity contribution in [3.8, 4) is 17.2 Å². The van der Waals surface area contributed by atoms with Gasteiger partial charge in [-0.1, -0.05) is 25.1 Å². The second-order valence-corrected chi connectivity index (χ2v) is 7.21. The van der Waals surface area contributed by atoms with E-state index in [1.54, 1.807) is 0 Å². The summed E-state index contributed by atoms with van der Waals surface area (Å²) < 4.78 is 16.5. The molecule has 0 saturated carbocycles. The van der Waals surface area contributed by atoms with Gasteiger partial charge in [-0.2, -0.15) is 0 Å². The van der Waals surface area contributed by atoms with Gasteiger partial charge in [0.2, 0.25) is 12.7 Å². The Labute approximate surface area is 175 Å². The van der Waals surface area contributed by atoms with E-state index in [9.17, 15) is 9.59 Å². The minimum Gasteiger partial charge on any atom is -0.477 e. The highest BCUT2D eigenvalue weighted by Gasteiger charge is 2.31. The highest BCUT2D eigenvalue weighted by molar-refractivity contribution is 5.86. The molecule has 2 aromatic rings. The normalized spacial score (nSPS) is 16.4. The molecular formula is C22H25N3O5. The molecule has 8 nitrogen and oxygen atoms in total. The number of rotatable bonds is 7. The Balaban J connectivity index is 1.39. The van der Waals surface area contributed by atoms with Crippen LogP contribution in [0.1, 0.15) is 18.9 Å². The first-order valence-corrected chi connectivity index (χ1v) is 10.1. The van der Waals surface area contributed by atoms with Crippen LogP contribution in [-0.4, -0.2) is 44.3 Å². The molecule has 0 unspecified atom stereocenters. The molecule has 0 fully saturated rings. The number of anilines is 1. The van der Waals surface area contributed by atoms with E-state index in [0.717, 1.165) is 17.7 Å². The van der Waals surface area contributed by atoms with Crippen molar-refractivity contribution >= 4 is 17.5 Å². The molecule has 0 radical (unpaired) electrons.